The third-order valence-electron chi connectivity index (χ3n) is 4.57. The molecule has 2 rings (SSSR count). The number of nitrogens with one attached hydrogen (secondary N) is 2. The van der Waals surface area contributed by atoms with Crippen LogP contribution in [0.4, 0.5) is 0 Å². The molecule has 0 aromatic heterocycles. The van der Waals surface area contributed by atoms with Crippen molar-refractivity contribution >= 4 is 5.96 Å². The van der Waals surface area contributed by atoms with Gasteiger partial charge in [0.25, 0.3) is 0 Å². The largest absolute Gasteiger partial charge is 0.496 e. The monoisotopic (exact) mass is 332 g/mol. The van der Waals surface area contributed by atoms with Crippen LogP contribution in [0.5, 0.6) is 5.75 Å². The van der Waals surface area contributed by atoms with E-state index in [-0.39, 0.29) is 0 Å². The van der Waals surface area contributed by atoms with Crippen LogP contribution in [0.25, 0.3) is 0 Å². The maximum atomic E-state index is 5.47. The van der Waals surface area contributed by atoms with Crippen molar-refractivity contribution in [2.75, 3.05) is 39.8 Å². The highest BCUT2D eigenvalue weighted by Gasteiger charge is 2.20. The number of ether oxygens (including phenoxy) is 1. The van der Waals surface area contributed by atoms with Gasteiger partial charge in [0.1, 0.15) is 5.75 Å². The van der Waals surface area contributed by atoms with Crippen LogP contribution in [-0.2, 0) is 6.54 Å². The lowest BCUT2D eigenvalue weighted by atomic mass is 10.1. The molecule has 0 bridgehead atoms. The Balaban J connectivity index is 1.93. The lowest BCUT2D eigenvalue weighted by Gasteiger charge is -2.16. The Morgan fingerprint density at radius 1 is 1.33 bits per heavy atom. The van der Waals surface area contributed by atoms with Gasteiger partial charge in [-0.05, 0) is 50.9 Å². The molecule has 2 N–H and O–H groups in total. The van der Waals surface area contributed by atoms with Gasteiger partial charge in [0.15, 0.2) is 5.96 Å². The minimum atomic E-state index is 0.616. The molecule has 1 fully saturated rings. The summed E-state index contributed by atoms with van der Waals surface area (Å²) in [6.07, 6.45) is 1.27. The number of hydrogen-bond acceptors (Lipinski definition) is 3. The lowest BCUT2D eigenvalue weighted by molar-refractivity contribution is 0.342. The summed E-state index contributed by atoms with van der Waals surface area (Å²) in [5, 5.41) is 6.83. The first-order valence-electron chi connectivity index (χ1n) is 9.04. The molecule has 134 valence electrons. The van der Waals surface area contributed by atoms with Crippen molar-refractivity contribution in [1.29, 1.82) is 0 Å². The van der Waals surface area contributed by atoms with E-state index in [0.717, 1.165) is 36.9 Å². The Morgan fingerprint density at radius 3 is 2.83 bits per heavy atom. The topological polar surface area (TPSA) is 48.9 Å². The number of aliphatic imine (C=N–C) groups is 1. The highest BCUT2D eigenvalue weighted by Crippen LogP contribution is 2.20. The van der Waals surface area contributed by atoms with Crippen LogP contribution in [0.1, 0.15) is 31.4 Å². The molecule has 0 amide bonds. The Morgan fingerprint density at radius 2 is 2.17 bits per heavy atom. The molecule has 1 atom stereocenters. The van der Waals surface area contributed by atoms with E-state index < -0.39 is 0 Å². The number of methoxy groups -OCH3 is 1. The molecule has 1 aliphatic heterocycles. The van der Waals surface area contributed by atoms with Gasteiger partial charge in [-0.25, -0.2) is 4.99 Å². The molecule has 1 aromatic rings. The summed E-state index contributed by atoms with van der Waals surface area (Å²) in [6, 6.07) is 6.26. The second-order valence-corrected chi connectivity index (χ2v) is 6.44. The predicted molar refractivity (Wildman–Crippen MR) is 101 cm³/mol. The van der Waals surface area contributed by atoms with E-state index in [9.17, 15) is 0 Å². The molecule has 0 spiro atoms. The zero-order chi connectivity index (χ0) is 17.4. The Labute approximate surface area is 146 Å². The Hall–Kier alpha value is -1.75. The fraction of sp³-hybridized carbons (Fsp3) is 0.632. The fourth-order valence-electron chi connectivity index (χ4n) is 3.10. The van der Waals surface area contributed by atoms with Gasteiger partial charge < -0.3 is 20.3 Å². The van der Waals surface area contributed by atoms with Crippen molar-refractivity contribution in [2.24, 2.45) is 10.9 Å². The summed E-state index contributed by atoms with van der Waals surface area (Å²) in [5.41, 5.74) is 2.31. The molecule has 5 nitrogen and oxygen atoms in total. The van der Waals surface area contributed by atoms with Crippen LogP contribution in [0.2, 0.25) is 0 Å². The molecule has 0 aliphatic carbocycles. The Bertz CT molecular complexity index is 544. The smallest absolute Gasteiger partial charge is 0.191 e. The number of nitrogens with zero attached hydrogens (tertiary/aromatic N) is 2. The number of rotatable bonds is 7. The van der Waals surface area contributed by atoms with Gasteiger partial charge >= 0.3 is 0 Å². The van der Waals surface area contributed by atoms with Crippen LogP contribution in [0.3, 0.4) is 0 Å². The zero-order valence-corrected chi connectivity index (χ0v) is 15.6. The standard InChI is InChI=1S/C19H32N4O/c1-5-20-19(21-12-16-9-10-23(6-2)14-16)22-13-17-8-7-15(3)11-18(17)24-4/h7-8,11,16H,5-6,9-10,12-14H2,1-4H3,(H2,20,21,22). The van der Waals surface area contributed by atoms with Crippen molar-refractivity contribution in [3.05, 3.63) is 29.3 Å². The normalized spacial score (nSPS) is 18.7. The van der Waals surface area contributed by atoms with E-state index in [1.165, 1.54) is 25.1 Å². The van der Waals surface area contributed by atoms with E-state index in [2.05, 4.69) is 54.5 Å². The van der Waals surface area contributed by atoms with E-state index in [0.29, 0.717) is 12.5 Å². The SMILES string of the molecule is CCNC(=NCc1ccc(C)cc1OC)NCC1CCN(CC)C1. The van der Waals surface area contributed by atoms with Crippen LogP contribution in [0.15, 0.2) is 23.2 Å². The fourth-order valence-corrected chi connectivity index (χ4v) is 3.10. The van der Waals surface area contributed by atoms with Crippen molar-refractivity contribution in [3.8, 4) is 5.75 Å². The van der Waals surface area contributed by atoms with Crippen molar-refractivity contribution in [1.82, 2.24) is 15.5 Å². The highest BCUT2D eigenvalue weighted by molar-refractivity contribution is 5.79. The maximum Gasteiger partial charge on any atom is 0.191 e. The van der Waals surface area contributed by atoms with Crippen molar-refractivity contribution < 1.29 is 4.74 Å². The average Bonchev–Trinajstić information content (AvgIpc) is 3.06. The van der Waals surface area contributed by atoms with Gasteiger partial charge in [0.05, 0.1) is 13.7 Å². The van der Waals surface area contributed by atoms with Gasteiger partial charge in [-0.2, -0.15) is 0 Å². The third kappa shape index (κ3) is 5.41. The van der Waals surface area contributed by atoms with Crippen molar-refractivity contribution in [3.63, 3.8) is 0 Å². The first-order valence-corrected chi connectivity index (χ1v) is 9.04. The minimum absolute atomic E-state index is 0.616. The molecule has 1 unspecified atom stereocenters. The minimum Gasteiger partial charge on any atom is -0.496 e. The molecular formula is C19H32N4O. The van der Waals surface area contributed by atoms with Crippen LogP contribution in [-0.4, -0.2) is 50.7 Å². The first-order chi connectivity index (χ1) is 11.7. The van der Waals surface area contributed by atoms with E-state index in [4.69, 9.17) is 9.73 Å². The summed E-state index contributed by atoms with van der Waals surface area (Å²) < 4.78 is 5.47. The second-order valence-electron chi connectivity index (χ2n) is 6.44. The Kier molecular flexibility index (Phi) is 7.37. The number of benzene rings is 1. The zero-order valence-electron chi connectivity index (χ0n) is 15.6. The van der Waals surface area contributed by atoms with Gasteiger partial charge in [0, 0.05) is 25.2 Å². The number of aryl methyl sites for hydroxylation is 1. The van der Waals surface area contributed by atoms with Gasteiger partial charge in [-0.15, -0.1) is 0 Å². The highest BCUT2D eigenvalue weighted by atomic mass is 16.5. The molecule has 1 saturated heterocycles. The van der Waals surface area contributed by atoms with E-state index >= 15 is 0 Å². The number of likely N-dealkylation sites (tertiary alicyclic amines) is 1. The second kappa shape index (κ2) is 9.52. The van der Waals surface area contributed by atoms with Crippen LogP contribution in [0, 0.1) is 12.8 Å². The molecule has 0 radical (unpaired) electrons. The molecule has 0 saturated carbocycles. The van der Waals surface area contributed by atoms with Crippen molar-refractivity contribution in [2.45, 2.75) is 33.7 Å². The molecule has 5 heteroatoms. The third-order valence-corrected chi connectivity index (χ3v) is 4.57. The summed E-state index contributed by atoms with van der Waals surface area (Å²) in [6.45, 7) is 12.4. The summed E-state index contributed by atoms with van der Waals surface area (Å²) >= 11 is 0. The molecule has 1 heterocycles. The molecular weight excluding hydrogens is 300 g/mol. The molecule has 1 aliphatic rings. The first kappa shape index (κ1) is 18.6. The molecule has 1 aromatic carbocycles. The van der Waals surface area contributed by atoms with Crippen LogP contribution < -0.4 is 15.4 Å². The van der Waals surface area contributed by atoms with Gasteiger partial charge in [-0.1, -0.05) is 19.1 Å². The quantitative estimate of drug-likeness (QED) is 0.595. The summed E-state index contributed by atoms with van der Waals surface area (Å²) in [4.78, 5) is 7.23. The van der Waals surface area contributed by atoms with E-state index in [1.54, 1.807) is 7.11 Å². The van der Waals surface area contributed by atoms with Gasteiger partial charge in [0.2, 0.25) is 0 Å². The summed E-state index contributed by atoms with van der Waals surface area (Å²) in [5.74, 6) is 2.50. The number of guanidine groups is 1. The number of hydrogen-bond donors (Lipinski definition) is 2. The molecule has 24 heavy (non-hydrogen) atoms. The average molecular weight is 332 g/mol. The lowest BCUT2D eigenvalue weighted by Crippen LogP contribution is -2.40. The van der Waals surface area contributed by atoms with E-state index in [1.807, 2.05) is 0 Å². The predicted octanol–water partition coefficient (Wildman–Crippen LogP) is 2.40. The summed E-state index contributed by atoms with van der Waals surface area (Å²) in [7, 11) is 1.71. The van der Waals surface area contributed by atoms with Gasteiger partial charge in [-0.3, -0.25) is 0 Å². The maximum absolute atomic E-state index is 5.47. The van der Waals surface area contributed by atoms with Crippen LogP contribution >= 0.6 is 0 Å².